The Labute approximate surface area is 86.7 Å². The molecule has 0 spiro atoms. The highest BCUT2D eigenvalue weighted by Gasteiger charge is 2.50. The molecule has 0 N–H and O–H groups in total. The lowest BCUT2D eigenvalue weighted by Gasteiger charge is -2.23. The Morgan fingerprint density at radius 3 is 2.33 bits per heavy atom. The number of hydrogen-bond donors (Lipinski definition) is 0. The maximum atomic E-state index is 11.3. The van der Waals surface area contributed by atoms with Gasteiger partial charge >= 0.3 is 17.7 Å². The molecule has 1 aliphatic heterocycles. The number of carbonyl (C=O) groups is 2. The van der Waals surface area contributed by atoms with Crippen LogP contribution in [0.3, 0.4) is 0 Å². The summed E-state index contributed by atoms with van der Waals surface area (Å²) in [5.41, 5.74) is 0. The Kier molecular flexibility index (Phi) is 2.88. The minimum absolute atomic E-state index is 0.0465. The van der Waals surface area contributed by atoms with Gasteiger partial charge in [-0.25, -0.2) is 4.79 Å². The van der Waals surface area contributed by atoms with E-state index in [1.54, 1.807) is 0 Å². The largest absolute Gasteiger partial charge is 0.490 e. The number of carbonyl (C=O) groups excluding carboxylic acids is 2. The van der Waals surface area contributed by atoms with Gasteiger partial charge in [-0.2, -0.15) is 0 Å². The van der Waals surface area contributed by atoms with Gasteiger partial charge in [0.05, 0.1) is 14.2 Å². The molecule has 6 heteroatoms. The molecule has 0 aromatic carbocycles. The zero-order chi connectivity index (χ0) is 11.6. The summed E-state index contributed by atoms with van der Waals surface area (Å²) in [6.45, 7) is 2.61. The number of rotatable bonds is 3. The average Bonchev–Trinajstić information content (AvgIpc) is 2.34. The van der Waals surface area contributed by atoms with Crippen LogP contribution in [0, 0.1) is 0 Å². The minimum Gasteiger partial charge on any atom is -0.490 e. The van der Waals surface area contributed by atoms with Gasteiger partial charge in [-0.3, -0.25) is 4.79 Å². The van der Waals surface area contributed by atoms with Crippen molar-refractivity contribution in [1.29, 1.82) is 0 Å². The third-order valence-corrected chi connectivity index (χ3v) is 1.84. The van der Waals surface area contributed by atoms with Gasteiger partial charge in [-0.15, -0.1) is 0 Å². The summed E-state index contributed by atoms with van der Waals surface area (Å²) in [4.78, 5) is 22.1. The van der Waals surface area contributed by atoms with Crippen LogP contribution in [0.2, 0.25) is 0 Å². The molecule has 1 aliphatic rings. The maximum absolute atomic E-state index is 11.3. The summed E-state index contributed by atoms with van der Waals surface area (Å²) in [5.74, 6) is -2.90. The van der Waals surface area contributed by atoms with E-state index in [9.17, 15) is 9.59 Å². The molecule has 1 rings (SSSR count). The van der Waals surface area contributed by atoms with E-state index < -0.39 is 17.7 Å². The van der Waals surface area contributed by atoms with Gasteiger partial charge in [0, 0.05) is 13.8 Å². The number of ether oxygens (including phenoxy) is 4. The summed E-state index contributed by atoms with van der Waals surface area (Å²) in [7, 11) is 2.63. The summed E-state index contributed by atoms with van der Waals surface area (Å²) < 4.78 is 19.4. The first-order valence-electron chi connectivity index (χ1n) is 4.20. The second-order valence-electron chi connectivity index (χ2n) is 3.00. The molecule has 1 heterocycles. The van der Waals surface area contributed by atoms with E-state index in [1.165, 1.54) is 28.1 Å². The smallest absolute Gasteiger partial charge is 0.381 e. The Hall–Kier alpha value is -1.72. The third-order valence-electron chi connectivity index (χ3n) is 1.84. The molecule has 0 bridgehead atoms. The highest BCUT2D eigenvalue weighted by Crippen LogP contribution is 2.34. The molecule has 0 saturated carbocycles. The highest BCUT2D eigenvalue weighted by atomic mass is 16.8. The Bertz CT molecular complexity index is 331. The van der Waals surface area contributed by atoms with Gasteiger partial charge in [0.25, 0.3) is 5.76 Å². The van der Waals surface area contributed by atoms with Crippen molar-refractivity contribution in [3.63, 3.8) is 0 Å². The summed E-state index contributed by atoms with van der Waals surface area (Å²) in [6.07, 6.45) is 0. The van der Waals surface area contributed by atoms with Crippen molar-refractivity contribution < 1.29 is 28.5 Å². The highest BCUT2D eigenvalue weighted by molar-refractivity contribution is 5.90. The van der Waals surface area contributed by atoms with Crippen LogP contribution in [-0.2, 0) is 28.5 Å². The summed E-state index contributed by atoms with van der Waals surface area (Å²) in [6, 6.07) is 0. The third kappa shape index (κ3) is 1.88. The molecule has 0 amide bonds. The normalized spacial score (nSPS) is 24.9. The van der Waals surface area contributed by atoms with Crippen molar-refractivity contribution in [1.82, 2.24) is 0 Å². The lowest BCUT2D eigenvalue weighted by Crippen LogP contribution is -2.34. The Morgan fingerprint density at radius 2 is 1.93 bits per heavy atom. The topological polar surface area (TPSA) is 71.1 Å². The Morgan fingerprint density at radius 1 is 1.33 bits per heavy atom. The van der Waals surface area contributed by atoms with Crippen LogP contribution in [0.1, 0.15) is 13.8 Å². The average molecular weight is 216 g/mol. The SMILES string of the molecule is COC1=C(OC)C(C)(OC(C)=O)OC1=O. The first kappa shape index (κ1) is 11.4. The first-order chi connectivity index (χ1) is 6.94. The van der Waals surface area contributed by atoms with Crippen molar-refractivity contribution in [2.45, 2.75) is 19.6 Å². The molecule has 15 heavy (non-hydrogen) atoms. The molecule has 0 saturated heterocycles. The molecular weight excluding hydrogens is 204 g/mol. The summed E-state index contributed by atoms with van der Waals surface area (Å²) >= 11 is 0. The standard InChI is InChI=1S/C9H12O6/c1-5(10)14-9(2)7(13-4)6(12-3)8(11)15-9/h1-4H3. The predicted octanol–water partition coefficient (Wildman–Crippen LogP) is 0.327. The molecule has 0 aliphatic carbocycles. The van der Waals surface area contributed by atoms with Gasteiger partial charge in [0.2, 0.25) is 5.76 Å². The van der Waals surface area contributed by atoms with E-state index >= 15 is 0 Å². The van der Waals surface area contributed by atoms with Crippen LogP contribution in [0.25, 0.3) is 0 Å². The molecular formula is C9H12O6. The minimum atomic E-state index is -1.54. The predicted molar refractivity (Wildman–Crippen MR) is 47.3 cm³/mol. The van der Waals surface area contributed by atoms with Gasteiger partial charge < -0.3 is 18.9 Å². The maximum Gasteiger partial charge on any atom is 0.381 e. The van der Waals surface area contributed by atoms with Crippen molar-refractivity contribution >= 4 is 11.9 Å². The van der Waals surface area contributed by atoms with Gasteiger partial charge in [-0.05, 0) is 0 Å². The van der Waals surface area contributed by atoms with Crippen molar-refractivity contribution in [3.05, 3.63) is 11.5 Å². The van der Waals surface area contributed by atoms with E-state index in [0.717, 1.165) is 0 Å². The molecule has 0 fully saturated rings. The lowest BCUT2D eigenvalue weighted by atomic mass is 10.2. The fraction of sp³-hybridized carbons (Fsp3) is 0.556. The van der Waals surface area contributed by atoms with Crippen LogP contribution in [0.15, 0.2) is 11.5 Å². The molecule has 0 radical (unpaired) electrons. The van der Waals surface area contributed by atoms with Crippen LogP contribution in [0.5, 0.6) is 0 Å². The van der Waals surface area contributed by atoms with Gasteiger partial charge in [0.1, 0.15) is 0 Å². The lowest BCUT2D eigenvalue weighted by molar-refractivity contribution is -0.207. The van der Waals surface area contributed by atoms with Crippen LogP contribution in [-0.4, -0.2) is 31.9 Å². The fourth-order valence-corrected chi connectivity index (χ4v) is 1.36. The number of methoxy groups -OCH3 is 2. The van der Waals surface area contributed by atoms with Gasteiger partial charge in [0.15, 0.2) is 0 Å². The van der Waals surface area contributed by atoms with Crippen molar-refractivity contribution in [2.24, 2.45) is 0 Å². The quantitative estimate of drug-likeness (QED) is 0.633. The zero-order valence-electron chi connectivity index (χ0n) is 8.95. The summed E-state index contributed by atoms with van der Waals surface area (Å²) in [5, 5.41) is 0. The van der Waals surface area contributed by atoms with Crippen LogP contribution in [0.4, 0.5) is 0 Å². The van der Waals surface area contributed by atoms with E-state index in [0.29, 0.717) is 0 Å². The zero-order valence-corrected chi connectivity index (χ0v) is 8.95. The van der Waals surface area contributed by atoms with Crippen LogP contribution >= 0.6 is 0 Å². The number of esters is 2. The number of cyclic esters (lactones) is 1. The monoisotopic (exact) mass is 216 g/mol. The number of hydrogen-bond acceptors (Lipinski definition) is 6. The van der Waals surface area contributed by atoms with E-state index in [-0.39, 0.29) is 11.5 Å². The second-order valence-corrected chi connectivity index (χ2v) is 3.00. The van der Waals surface area contributed by atoms with E-state index in [2.05, 4.69) is 0 Å². The van der Waals surface area contributed by atoms with Crippen LogP contribution < -0.4 is 0 Å². The van der Waals surface area contributed by atoms with Crippen molar-refractivity contribution in [3.8, 4) is 0 Å². The van der Waals surface area contributed by atoms with E-state index in [4.69, 9.17) is 18.9 Å². The molecule has 0 aromatic rings. The fourth-order valence-electron chi connectivity index (χ4n) is 1.36. The van der Waals surface area contributed by atoms with Gasteiger partial charge in [-0.1, -0.05) is 0 Å². The van der Waals surface area contributed by atoms with Crippen molar-refractivity contribution in [2.75, 3.05) is 14.2 Å². The second kappa shape index (κ2) is 3.80. The van der Waals surface area contributed by atoms with E-state index in [1.807, 2.05) is 0 Å². The molecule has 1 unspecified atom stereocenters. The Balaban J connectivity index is 3.08. The molecule has 1 atom stereocenters. The first-order valence-corrected chi connectivity index (χ1v) is 4.20. The molecule has 84 valence electrons. The molecule has 0 aromatic heterocycles. The molecule has 6 nitrogen and oxygen atoms in total.